The molecule has 0 fully saturated rings. The Morgan fingerprint density at radius 1 is 1.56 bits per heavy atom. The van der Waals surface area contributed by atoms with Crippen LogP contribution in [-0.2, 0) is 0 Å². The Kier molecular flexibility index (Phi) is 3.51. The van der Waals surface area contributed by atoms with E-state index in [1.807, 2.05) is 0 Å². The molecule has 1 rings (SSSR count). The van der Waals surface area contributed by atoms with Gasteiger partial charge < -0.3 is 5.32 Å². The summed E-state index contributed by atoms with van der Waals surface area (Å²) in [5.74, 6) is -3.53. The molecule has 0 aliphatic rings. The van der Waals surface area contributed by atoms with Crippen LogP contribution in [0, 0.1) is 6.92 Å². The van der Waals surface area contributed by atoms with Gasteiger partial charge in [0.15, 0.2) is 0 Å². The van der Waals surface area contributed by atoms with Gasteiger partial charge in [0.05, 0.1) is 23.5 Å². The highest BCUT2D eigenvalue weighted by Gasteiger charge is 2.31. The van der Waals surface area contributed by atoms with Crippen LogP contribution >= 0.6 is 0 Å². The first-order valence-corrected chi connectivity index (χ1v) is 4.78. The van der Waals surface area contributed by atoms with Gasteiger partial charge in [-0.1, -0.05) is 0 Å². The molecule has 0 saturated heterocycles. The first-order valence-electron chi connectivity index (χ1n) is 4.78. The molecule has 0 aliphatic carbocycles. The molecule has 0 unspecified atom stereocenters. The Morgan fingerprint density at radius 3 is 2.69 bits per heavy atom. The van der Waals surface area contributed by atoms with E-state index in [0.717, 1.165) is 6.92 Å². The van der Waals surface area contributed by atoms with Crippen molar-refractivity contribution in [2.75, 3.05) is 0 Å². The monoisotopic (exact) mass is 229 g/mol. The number of amides is 1. The third-order valence-corrected chi connectivity index (χ3v) is 2.15. The van der Waals surface area contributed by atoms with Gasteiger partial charge in [0.1, 0.15) is 0 Å². The van der Waals surface area contributed by atoms with Crippen LogP contribution in [0.5, 0.6) is 0 Å². The zero-order chi connectivity index (χ0) is 12.3. The standard InChI is InChI=1S/C10H13F2N3O/c1-6-4-8(5-13-15-6)9(16)14-7(2)10(3,11)12/h4-5,7H,1-3H3,(H,14,16)/t7-/m1/s1. The van der Waals surface area contributed by atoms with E-state index in [9.17, 15) is 13.6 Å². The van der Waals surface area contributed by atoms with E-state index in [0.29, 0.717) is 5.69 Å². The van der Waals surface area contributed by atoms with Crippen molar-refractivity contribution in [1.29, 1.82) is 0 Å². The van der Waals surface area contributed by atoms with Crippen LogP contribution in [0.15, 0.2) is 12.3 Å². The Balaban J connectivity index is 2.74. The molecule has 88 valence electrons. The van der Waals surface area contributed by atoms with Crippen molar-refractivity contribution in [1.82, 2.24) is 15.5 Å². The van der Waals surface area contributed by atoms with Crippen LogP contribution in [0.2, 0.25) is 0 Å². The van der Waals surface area contributed by atoms with Crippen LogP contribution in [0.4, 0.5) is 8.78 Å². The van der Waals surface area contributed by atoms with E-state index in [2.05, 4.69) is 15.5 Å². The van der Waals surface area contributed by atoms with Gasteiger partial charge >= 0.3 is 0 Å². The highest BCUT2D eigenvalue weighted by atomic mass is 19.3. The zero-order valence-corrected chi connectivity index (χ0v) is 9.29. The fraction of sp³-hybridized carbons (Fsp3) is 0.500. The van der Waals surface area contributed by atoms with E-state index in [4.69, 9.17) is 0 Å². The molecule has 0 saturated carbocycles. The maximum atomic E-state index is 12.8. The van der Waals surface area contributed by atoms with E-state index in [1.54, 1.807) is 6.92 Å². The Hall–Kier alpha value is -1.59. The maximum absolute atomic E-state index is 12.8. The average Bonchev–Trinajstić information content (AvgIpc) is 2.16. The number of alkyl halides is 2. The van der Waals surface area contributed by atoms with Gasteiger partial charge in [-0.2, -0.15) is 10.2 Å². The Bertz CT molecular complexity index is 390. The summed E-state index contributed by atoms with van der Waals surface area (Å²) in [7, 11) is 0. The number of hydrogen-bond donors (Lipinski definition) is 1. The van der Waals surface area contributed by atoms with Gasteiger partial charge in [-0.25, -0.2) is 8.78 Å². The summed E-state index contributed by atoms with van der Waals surface area (Å²) in [6.07, 6.45) is 1.24. The Morgan fingerprint density at radius 2 is 2.19 bits per heavy atom. The summed E-state index contributed by atoms with van der Waals surface area (Å²) in [4.78, 5) is 11.5. The fourth-order valence-corrected chi connectivity index (χ4v) is 1.00. The number of hydrogen-bond acceptors (Lipinski definition) is 3. The molecule has 0 radical (unpaired) electrons. The van der Waals surface area contributed by atoms with E-state index < -0.39 is 17.9 Å². The van der Waals surface area contributed by atoms with Crippen molar-refractivity contribution in [2.45, 2.75) is 32.7 Å². The van der Waals surface area contributed by atoms with E-state index in [1.165, 1.54) is 19.2 Å². The number of aromatic nitrogens is 2. The molecule has 0 aromatic carbocycles. The minimum Gasteiger partial charge on any atom is -0.343 e. The molecule has 1 N–H and O–H groups in total. The molecule has 1 heterocycles. The molecule has 1 atom stereocenters. The minimum atomic E-state index is -2.95. The number of carbonyl (C=O) groups is 1. The van der Waals surface area contributed by atoms with Crippen molar-refractivity contribution in [3.05, 3.63) is 23.5 Å². The summed E-state index contributed by atoms with van der Waals surface area (Å²) >= 11 is 0. The predicted molar refractivity (Wildman–Crippen MR) is 54.3 cm³/mol. The lowest BCUT2D eigenvalue weighted by Crippen LogP contribution is -2.43. The van der Waals surface area contributed by atoms with Crippen LogP contribution in [0.25, 0.3) is 0 Å². The van der Waals surface area contributed by atoms with Crippen molar-refractivity contribution in [3.8, 4) is 0 Å². The normalized spacial score (nSPS) is 13.3. The quantitative estimate of drug-likeness (QED) is 0.855. The van der Waals surface area contributed by atoms with Crippen molar-refractivity contribution < 1.29 is 13.6 Å². The first-order chi connectivity index (χ1) is 7.30. The third kappa shape index (κ3) is 3.22. The van der Waals surface area contributed by atoms with Gasteiger partial charge in [0.2, 0.25) is 0 Å². The lowest BCUT2D eigenvalue weighted by molar-refractivity contribution is -0.0108. The fourth-order valence-electron chi connectivity index (χ4n) is 1.00. The minimum absolute atomic E-state index is 0.226. The van der Waals surface area contributed by atoms with Crippen LogP contribution < -0.4 is 5.32 Å². The highest BCUT2D eigenvalue weighted by molar-refractivity contribution is 5.94. The topological polar surface area (TPSA) is 54.9 Å². The van der Waals surface area contributed by atoms with Gasteiger partial charge in [-0.15, -0.1) is 0 Å². The summed E-state index contributed by atoms with van der Waals surface area (Å²) in [5, 5.41) is 9.46. The SMILES string of the molecule is Cc1cc(C(=O)N[C@H](C)C(C)(F)F)cnn1. The molecule has 0 aliphatic heterocycles. The molecule has 0 spiro atoms. The predicted octanol–water partition coefficient (Wildman–Crippen LogP) is 1.56. The Labute approximate surface area is 92.1 Å². The lowest BCUT2D eigenvalue weighted by Gasteiger charge is -2.20. The molecule has 6 heteroatoms. The average molecular weight is 229 g/mol. The molecule has 16 heavy (non-hydrogen) atoms. The summed E-state index contributed by atoms with van der Waals surface area (Å²) in [5.41, 5.74) is 0.784. The van der Waals surface area contributed by atoms with E-state index >= 15 is 0 Å². The second kappa shape index (κ2) is 4.51. The van der Waals surface area contributed by atoms with Gasteiger partial charge in [-0.3, -0.25) is 4.79 Å². The van der Waals surface area contributed by atoms with Gasteiger partial charge in [-0.05, 0) is 19.9 Å². The number of nitrogens with one attached hydrogen (secondary N) is 1. The van der Waals surface area contributed by atoms with Crippen LogP contribution in [0.1, 0.15) is 29.9 Å². The maximum Gasteiger partial charge on any atom is 0.264 e. The molecular weight excluding hydrogens is 216 g/mol. The largest absolute Gasteiger partial charge is 0.343 e. The van der Waals surface area contributed by atoms with Crippen LogP contribution in [-0.4, -0.2) is 28.1 Å². The summed E-state index contributed by atoms with van der Waals surface area (Å²) < 4.78 is 25.7. The summed E-state index contributed by atoms with van der Waals surface area (Å²) in [6, 6.07) is 0.261. The number of halogens is 2. The van der Waals surface area contributed by atoms with Gasteiger partial charge in [0.25, 0.3) is 11.8 Å². The second-order valence-corrected chi connectivity index (χ2v) is 3.74. The number of aryl methyl sites for hydroxylation is 1. The smallest absolute Gasteiger partial charge is 0.264 e. The molecular formula is C10H13F2N3O. The van der Waals surface area contributed by atoms with Crippen LogP contribution in [0.3, 0.4) is 0 Å². The van der Waals surface area contributed by atoms with Gasteiger partial charge in [0, 0.05) is 6.92 Å². The van der Waals surface area contributed by atoms with Crippen molar-refractivity contribution in [3.63, 3.8) is 0 Å². The molecule has 0 bridgehead atoms. The van der Waals surface area contributed by atoms with E-state index in [-0.39, 0.29) is 5.56 Å². The number of carbonyl (C=O) groups excluding carboxylic acids is 1. The zero-order valence-electron chi connectivity index (χ0n) is 9.29. The second-order valence-electron chi connectivity index (χ2n) is 3.74. The first kappa shape index (κ1) is 12.5. The summed E-state index contributed by atoms with van der Waals surface area (Å²) in [6.45, 7) is 3.68. The van der Waals surface area contributed by atoms with Crippen molar-refractivity contribution in [2.24, 2.45) is 0 Å². The van der Waals surface area contributed by atoms with Crippen molar-refractivity contribution >= 4 is 5.91 Å². The molecule has 1 aromatic heterocycles. The number of nitrogens with zero attached hydrogens (tertiary/aromatic N) is 2. The molecule has 1 aromatic rings. The number of rotatable bonds is 3. The highest BCUT2D eigenvalue weighted by Crippen LogP contribution is 2.17. The molecule has 4 nitrogen and oxygen atoms in total. The lowest BCUT2D eigenvalue weighted by atomic mass is 10.2. The third-order valence-electron chi connectivity index (χ3n) is 2.15. The molecule has 1 amide bonds.